The van der Waals surface area contributed by atoms with Gasteiger partial charge < -0.3 is 15.0 Å². The quantitative estimate of drug-likeness (QED) is 0.776. The van der Waals surface area contributed by atoms with Crippen LogP contribution in [0.5, 0.6) is 0 Å². The summed E-state index contributed by atoms with van der Waals surface area (Å²) in [5, 5.41) is 11.7. The predicted molar refractivity (Wildman–Crippen MR) is 68.5 cm³/mol. The van der Waals surface area contributed by atoms with Crippen molar-refractivity contribution in [2.24, 2.45) is 5.92 Å². The number of aromatic nitrogens is 1. The fourth-order valence-electron chi connectivity index (χ4n) is 1.86. The lowest BCUT2D eigenvalue weighted by Gasteiger charge is -2.13. The van der Waals surface area contributed by atoms with E-state index < -0.39 is 11.9 Å². The molecule has 0 saturated heterocycles. The molecule has 0 aliphatic carbocycles. The summed E-state index contributed by atoms with van der Waals surface area (Å²) in [6, 6.07) is 3.54. The Labute approximate surface area is 107 Å². The van der Waals surface area contributed by atoms with Crippen LogP contribution in [0.4, 0.5) is 0 Å². The van der Waals surface area contributed by atoms with Gasteiger partial charge in [0.05, 0.1) is 5.92 Å². The standard InChI is InChI=1S/C13H20N2O3/c1-3-6-10(13(17)18)9-14-12(16)11-7-5-8-15(11)4-2/h5,7-8,10H,3-4,6,9H2,1-2H3,(H,14,16)(H,17,18). The van der Waals surface area contributed by atoms with Gasteiger partial charge in [-0.25, -0.2) is 0 Å². The van der Waals surface area contributed by atoms with Gasteiger partial charge >= 0.3 is 5.97 Å². The molecule has 0 saturated carbocycles. The van der Waals surface area contributed by atoms with Gasteiger partial charge in [0.2, 0.25) is 0 Å². The Morgan fingerprint density at radius 3 is 2.72 bits per heavy atom. The highest BCUT2D eigenvalue weighted by Gasteiger charge is 2.18. The summed E-state index contributed by atoms with van der Waals surface area (Å²) < 4.78 is 1.82. The van der Waals surface area contributed by atoms with Crippen LogP contribution in [-0.2, 0) is 11.3 Å². The molecule has 1 heterocycles. The van der Waals surface area contributed by atoms with Gasteiger partial charge in [-0.2, -0.15) is 0 Å². The molecule has 1 aromatic heterocycles. The lowest BCUT2D eigenvalue weighted by atomic mass is 10.0. The topological polar surface area (TPSA) is 71.3 Å². The second kappa shape index (κ2) is 6.83. The third kappa shape index (κ3) is 3.61. The Morgan fingerprint density at radius 2 is 2.17 bits per heavy atom. The molecule has 18 heavy (non-hydrogen) atoms. The molecule has 5 heteroatoms. The van der Waals surface area contributed by atoms with Crippen molar-refractivity contribution >= 4 is 11.9 Å². The summed E-state index contributed by atoms with van der Waals surface area (Å²) in [5.74, 6) is -1.59. The summed E-state index contributed by atoms with van der Waals surface area (Å²) in [6.45, 7) is 4.78. The van der Waals surface area contributed by atoms with Crippen molar-refractivity contribution in [1.82, 2.24) is 9.88 Å². The molecule has 0 aliphatic rings. The maximum absolute atomic E-state index is 11.9. The minimum Gasteiger partial charge on any atom is -0.481 e. The van der Waals surface area contributed by atoms with Gasteiger partial charge in [-0.3, -0.25) is 9.59 Å². The van der Waals surface area contributed by atoms with Gasteiger partial charge in [-0.1, -0.05) is 13.3 Å². The average Bonchev–Trinajstić information content (AvgIpc) is 2.81. The number of carboxylic acids is 1. The lowest BCUT2D eigenvalue weighted by molar-refractivity contribution is -0.141. The molecular weight excluding hydrogens is 232 g/mol. The maximum Gasteiger partial charge on any atom is 0.308 e. The molecule has 0 bridgehead atoms. The van der Waals surface area contributed by atoms with Crippen molar-refractivity contribution in [3.63, 3.8) is 0 Å². The maximum atomic E-state index is 11.9. The first-order valence-electron chi connectivity index (χ1n) is 6.26. The Hall–Kier alpha value is -1.78. The monoisotopic (exact) mass is 252 g/mol. The predicted octanol–water partition coefficient (Wildman–Crippen LogP) is 1.74. The Bertz CT molecular complexity index is 412. The number of rotatable bonds is 7. The third-order valence-corrected chi connectivity index (χ3v) is 2.90. The Kier molecular flexibility index (Phi) is 5.42. The number of nitrogens with zero attached hydrogens (tertiary/aromatic N) is 1. The largest absolute Gasteiger partial charge is 0.481 e. The van der Waals surface area contributed by atoms with Crippen LogP contribution in [0.25, 0.3) is 0 Å². The minimum atomic E-state index is -0.858. The van der Waals surface area contributed by atoms with E-state index in [1.165, 1.54) is 0 Å². The van der Waals surface area contributed by atoms with Crippen LogP contribution in [-0.4, -0.2) is 28.1 Å². The molecule has 1 atom stereocenters. The fourth-order valence-corrected chi connectivity index (χ4v) is 1.86. The number of carboxylic acid groups (broad SMARTS) is 1. The number of carbonyl (C=O) groups is 2. The van der Waals surface area contributed by atoms with Crippen molar-refractivity contribution in [3.8, 4) is 0 Å². The van der Waals surface area contributed by atoms with Crippen molar-refractivity contribution in [2.75, 3.05) is 6.54 Å². The number of aryl methyl sites for hydroxylation is 1. The van der Waals surface area contributed by atoms with Crippen molar-refractivity contribution < 1.29 is 14.7 Å². The van der Waals surface area contributed by atoms with Gasteiger partial charge in [-0.15, -0.1) is 0 Å². The molecule has 0 spiro atoms. The molecule has 1 aromatic rings. The molecule has 100 valence electrons. The van der Waals surface area contributed by atoms with Gasteiger partial charge in [0, 0.05) is 19.3 Å². The van der Waals surface area contributed by atoms with Crippen LogP contribution >= 0.6 is 0 Å². The molecule has 5 nitrogen and oxygen atoms in total. The van der Waals surface area contributed by atoms with Crippen LogP contribution in [0.1, 0.15) is 37.2 Å². The van der Waals surface area contributed by atoms with E-state index in [2.05, 4.69) is 5.32 Å². The van der Waals surface area contributed by atoms with Crippen molar-refractivity contribution in [2.45, 2.75) is 33.2 Å². The van der Waals surface area contributed by atoms with Crippen molar-refractivity contribution in [3.05, 3.63) is 24.0 Å². The highest BCUT2D eigenvalue weighted by atomic mass is 16.4. The Balaban J connectivity index is 2.57. The second-order valence-electron chi connectivity index (χ2n) is 4.21. The summed E-state index contributed by atoms with van der Waals surface area (Å²) >= 11 is 0. The molecule has 0 aliphatic heterocycles. The summed E-state index contributed by atoms with van der Waals surface area (Å²) in [5.41, 5.74) is 0.568. The highest BCUT2D eigenvalue weighted by Crippen LogP contribution is 2.07. The molecule has 0 radical (unpaired) electrons. The molecule has 0 fully saturated rings. The van der Waals surface area contributed by atoms with E-state index in [-0.39, 0.29) is 12.5 Å². The van der Waals surface area contributed by atoms with E-state index in [1.54, 1.807) is 12.1 Å². The third-order valence-electron chi connectivity index (χ3n) is 2.90. The van der Waals surface area contributed by atoms with Gasteiger partial charge in [0.1, 0.15) is 5.69 Å². The van der Waals surface area contributed by atoms with E-state index >= 15 is 0 Å². The first kappa shape index (κ1) is 14.3. The number of hydrogen-bond acceptors (Lipinski definition) is 2. The van der Waals surface area contributed by atoms with Crippen molar-refractivity contribution in [1.29, 1.82) is 0 Å². The number of nitrogens with one attached hydrogen (secondary N) is 1. The van der Waals surface area contributed by atoms with Crippen LogP contribution in [0.2, 0.25) is 0 Å². The molecule has 2 N–H and O–H groups in total. The van der Waals surface area contributed by atoms with E-state index in [4.69, 9.17) is 5.11 Å². The van der Waals surface area contributed by atoms with E-state index in [1.807, 2.05) is 24.6 Å². The van der Waals surface area contributed by atoms with E-state index in [0.29, 0.717) is 18.7 Å². The molecule has 1 rings (SSSR count). The minimum absolute atomic E-state index is 0.177. The van der Waals surface area contributed by atoms with E-state index in [9.17, 15) is 9.59 Å². The summed E-state index contributed by atoms with van der Waals surface area (Å²) in [6.07, 6.45) is 3.19. The normalized spacial score (nSPS) is 12.1. The van der Waals surface area contributed by atoms with Crippen LogP contribution in [0.15, 0.2) is 18.3 Å². The smallest absolute Gasteiger partial charge is 0.308 e. The van der Waals surface area contributed by atoms with Crippen LogP contribution in [0, 0.1) is 5.92 Å². The van der Waals surface area contributed by atoms with Crippen LogP contribution in [0.3, 0.4) is 0 Å². The summed E-state index contributed by atoms with van der Waals surface area (Å²) in [4.78, 5) is 22.8. The SMILES string of the molecule is CCCC(CNC(=O)c1cccn1CC)C(=O)O. The molecule has 1 amide bonds. The number of carbonyl (C=O) groups excluding carboxylic acids is 1. The average molecular weight is 252 g/mol. The molecule has 1 unspecified atom stereocenters. The first-order chi connectivity index (χ1) is 8.60. The lowest BCUT2D eigenvalue weighted by Crippen LogP contribution is -2.33. The first-order valence-corrected chi connectivity index (χ1v) is 6.26. The van der Waals surface area contributed by atoms with Gasteiger partial charge in [0.15, 0.2) is 0 Å². The number of aliphatic carboxylic acids is 1. The van der Waals surface area contributed by atoms with Crippen LogP contribution < -0.4 is 5.32 Å². The molecular formula is C13H20N2O3. The van der Waals surface area contributed by atoms with Gasteiger partial charge in [-0.05, 0) is 25.5 Å². The zero-order valence-corrected chi connectivity index (χ0v) is 10.8. The van der Waals surface area contributed by atoms with Gasteiger partial charge in [0.25, 0.3) is 5.91 Å². The number of amides is 1. The zero-order chi connectivity index (χ0) is 13.5. The van der Waals surface area contributed by atoms with E-state index in [0.717, 1.165) is 6.42 Å². The Morgan fingerprint density at radius 1 is 1.44 bits per heavy atom. The highest BCUT2D eigenvalue weighted by molar-refractivity contribution is 5.93. The second-order valence-corrected chi connectivity index (χ2v) is 4.21. The summed E-state index contributed by atoms with van der Waals surface area (Å²) in [7, 11) is 0. The fraction of sp³-hybridized carbons (Fsp3) is 0.538. The molecule has 0 aromatic carbocycles. The zero-order valence-electron chi connectivity index (χ0n) is 10.8. The number of hydrogen-bond donors (Lipinski definition) is 2.